The van der Waals surface area contributed by atoms with Gasteiger partial charge in [-0.1, -0.05) is 5.11 Å². The van der Waals surface area contributed by atoms with Crippen molar-refractivity contribution in [1.82, 2.24) is 0 Å². The smallest absolute Gasteiger partial charge is 0.122 e. The number of methoxy groups -OCH3 is 2. The summed E-state index contributed by atoms with van der Waals surface area (Å²) < 4.78 is 90.1. The molecule has 0 aromatic heterocycles. The van der Waals surface area contributed by atoms with Crippen molar-refractivity contribution in [3.63, 3.8) is 0 Å². The molecule has 24 heavy (non-hydrogen) atoms. The summed E-state index contributed by atoms with van der Waals surface area (Å²) in [6, 6.07) is 5.37. The first-order valence-electron chi connectivity index (χ1n) is 4.74. The van der Waals surface area contributed by atoms with Gasteiger partial charge < -0.3 is 9.47 Å². The maximum atomic E-state index is 8.18. The second-order valence-electron chi connectivity index (χ2n) is 2.61. The molecule has 0 fully saturated rings. The van der Waals surface area contributed by atoms with E-state index in [0.717, 1.165) is 5.56 Å². The number of halogens is 10. The van der Waals surface area contributed by atoms with Gasteiger partial charge in [0.05, 0.1) is 20.8 Å². The highest BCUT2D eigenvalue weighted by molar-refractivity contribution is 5.38. The third kappa shape index (κ3) is 21.7. The zero-order valence-electron chi connectivity index (χ0n) is 11.9. The molecule has 0 aliphatic rings. The molecule has 5 nitrogen and oxygen atoms in total. The van der Waals surface area contributed by atoms with Gasteiger partial charge in [0.1, 0.15) is 11.5 Å². The van der Waals surface area contributed by atoms with E-state index in [0.29, 0.717) is 18.0 Å². The summed E-state index contributed by atoms with van der Waals surface area (Å²) in [5.74, 6) is 1.37. The predicted octanol–water partition coefficient (Wildman–Crippen LogP) is 6.72. The molecule has 0 spiro atoms. The Morgan fingerprint density at radius 1 is 0.792 bits per heavy atom. The minimum Gasteiger partial charge on any atom is -0.497 e. The zero-order valence-corrected chi connectivity index (χ0v) is 11.9. The van der Waals surface area contributed by atoms with Crippen LogP contribution in [-0.4, -0.2) is 14.2 Å². The van der Waals surface area contributed by atoms with E-state index in [9.17, 15) is 0 Å². The Kier molecular flexibility index (Phi) is 51.1. The average Bonchev–Trinajstić information content (AvgIpc) is 2.73. The third-order valence-electron chi connectivity index (χ3n) is 1.73. The van der Waals surface area contributed by atoms with Crippen LogP contribution in [0.2, 0.25) is 0 Å². The molecule has 0 bridgehead atoms. The van der Waals surface area contributed by atoms with Crippen LogP contribution in [0.4, 0.5) is 45.7 Å². The van der Waals surface area contributed by atoms with Crippen LogP contribution >= 0.6 is 0 Å². The van der Waals surface area contributed by atoms with Gasteiger partial charge >= 0.3 is 0 Å². The molecule has 0 amide bonds. The summed E-state index contributed by atoms with van der Waals surface area (Å²) in [7, 11) is 3.15. The van der Waals surface area contributed by atoms with E-state index in [4.69, 9.17) is 60.7 Å². The van der Waals surface area contributed by atoms with Crippen molar-refractivity contribution < 1.29 is 55.2 Å². The lowest BCUT2D eigenvalue weighted by molar-refractivity contribution is 0.108. The van der Waals surface area contributed by atoms with E-state index in [-0.39, 0.29) is 0 Å². The zero-order chi connectivity index (χ0) is 20.4. The van der Waals surface area contributed by atoms with Crippen LogP contribution in [0.15, 0.2) is 23.3 Å². The Balaban J connectivity index is -0.000000103. The number of azide groups is 1. The number of hydrogen-bond donors (Lipinski definition) is 0. The van der Waals surface area contributed by atoms with Gasteiger partial charge in [0.2, 0.25) is 0 Å². The summed E-state index contributed by atoms with van der Waals surface area (Å²) in [6.07, 6.45) is 0. The summed E-state index contributed by atoms with van der Waals surface area (Å²) in [6.45, 7) is 0.296. The lowest BCUT2D eigenvalue weighted by atomic mass is 10.2. The monoisotopic (exact) mass is 383 g/mol. The highest BCUT2D eigenvalue weighted by Crippen LogP contribution is 2.22. The summed E-state index contributed by atoms with van der Waals surface area (Å²) >= 11 is 0. The maximum absolute atomic E-state index is 8.18. The van der Waals surface area contributed by atoms with Crippen LogP contribution in [0, 0.1) is 0 Å². The van der Waals surface area contributed by atoms with Crippen LogP contribution in [0.25, 0.3) is 10.4 Å². The van der Waals surface area contributed by atoms with Gasteiger partial charge in [0, 0.05) is 56.7 Å². The predicted molar refractivity (Wildman–Crippen MR) is 63.5 cm³/mol. The van der Waals surface area contributed by atoms with Crippen molar-refractivity contribution in [2.45, 2.75) is 6.54 Å². The standard InChI is InChI=1S/C9H11N3O2.5F2/c1-13-8-3-7(6-11-12-10)4-9(5-8)14-2;5*1-2/h3-5H,6H2,1-2H3;;;;;. The second-order valence-corrected chi connectivity index (χ2v) is 2.61. The van der Waals surface area contributed by atoms with Crippen molar-refractivity contribution in [2.75, 3.05) is 14.2 Å². The van der Waals surface area contributed by atoms with Crippen LogP contribution in [0.5, 0.6) is 11.5 Å². The lowest BCUT2D eigenvalue weighted by Gasteiger charge is -2.06. The Bertz CT molecular complexity index is 360. The Labute approximate surface area is 128 Å². The van der Waals surface area contributed by atoms with Crippen LogP contribution < -0.4 is 9.47 Å². The molecular formula is C9H11F10N3O2. The highest BCUT2D eigenvalue weighted by Gasteiger charge is 2.00. The molecule has 144 valence electrons. The number of rotatable bonds is 4. The van der Waals surface area contributed by atoms with Crippen molar-refractivity contribution in [3.05, 3.63) is 34.2 Å². The first-order chi connectivity index (χ1) is 11.8. The van der Waals surface area contributed by atoms with Crippen LogP contribution in [-0.2, 0) is 6.54 Å². The highest BCUT2D eigenvalue weighted by atomic mass is 20.0. The van der Waals surface area contributed by atoms with E-state index in [2.05, 4.69) is 10.0 Å². The number of nitrogens with zero attached hydrogens (tertiary/aromatic N) is 3. The molecule has 0 atom stereocenters. The summed E-state index contributed by atoms with van der Waals surface area (Å²) in [4.78, 5) is 2.69. The van der Waals surface area contributed by atoms with Gasteiger partial charge in [-0.25, -0.2) is 0 Å². The fourth-order valence-corrected chi connectivity index (χ4v) is 1.07. The van der Waals surface area contributed by atoms with Crippen molar-refractivity contribution in [1.29, 1.82) is 0 Å². The van der Waals surface area contributed by atoms with Crippen molar-refractivity contribution in [2.24, 2.45) is 5.11 Å². The Hall–Kier alpha value is -2.57. The van der Waals surface area contributed by atoms with Crippen molar-refractivity contribution in [3.8, 4) is 11.5 Å². The van der Waals surface area contributed by atoms with E-state index in [1.807, 2.05) is 0 Å². The number of benzene rings is 1. The van der Waals surface area contributed by atoms with E-state index >= 15 is 0 Å². The minimum absolute atomic E-state index is 0.296. The van der Waals surface area contributed by atoms with Gasteiger partial charge in [-0.3, -0.25) is 0 Å². The van der Waals surface area contributed by atoms with Gasteiger partial charge in [0.25, 0.3) is 0 Å². The molecular weight excluding hydrogens is 372 g/mol. The first kappa shape index (κ1) is 33.1. The molecule has 0 N–H and O–H groups in total. The van der Waals surface area contributed by atoms with Crippen LogP contribution in [0.3, 0.4) is 0 Å². The molecule has 0 saturated heterocycles. The van der Waals surface area contributed by atoms with Crippen LogP contribution in [0.1, 0.15) is 5.56 Å². The minimum atomic E-state index is 0.296. The maximum Gasteiger partial charge on any atom is 0.122 e. The number of hydrogen-bond acceptors (Lipinski definition) is 3. The molecule has 15 heteroatoms. The summed E-state index contributed by atoms with van der Waals surface area (Å²) in [5.41, 5.74) is 9.04. The van der Waals surface area contributed by atoms with E-state index in [1.54, 1.807) is 32.4 Å². The molecule has 0 unspecified atom stereocenters. The molecule has 0 aliphatic carbocycles. The SMILES string of the molecule is COc1cc(CN=[N+]=[N-])cc(OC)c1.FF.FF.FF.FF.FF. The molecule has 1 rings (SSSR count). The molecule has 0 heterocycles. The van der Waals surface area contributed by atoms with E-state index < -0.39 is 0 Å². The van der Waals surface area contributed by atoms with Gasteiger partial charge in [-0.15, -0.1) is 0 Å². The second kappa shape index (κ2) is 37.0. The molecule has 1 aromatic carbocycles. The lowest BCUT2D eigenvalue weighted by Crippen LogP contribution is -1.90. The normalized spacial score (nSPS) is 6.50. The quantitative estimate of drug-likeness (QED) is 0.251. The molecule has 0 saturated carbocycles. The molecule has 1 aromatic rings. The fraction of sp³-hybridized carbons (Fsp3) is 0.333. The van der Waals surface area contributed by atoms with Gasteiger partial charge in [0.15, 0.2) is 0 Å². The van der Waals surface area contributed by atoms with E-state index in [1.165, 1.54) is 0 Å². The van der Waals surface area contributed by atoms with Crippen molar-refractivity contribution >= 4 is 0 Å². The fourth-order valence-electron chi connectivity index (χ4n) is 1.07. The summed E-state index contributed by atoms with van der Waals surface area (Å²) in [5, 5.41) is 3.46. The topological polar surface area (TPSA) is 67.2 Å². The largest absolute Gasteiger partial charge is 0.497 e. The van der Waals surface area contributed by atoms with Gasteiger partial charge in [-0.05, 0) is 23.2 Å². The third-order valence-corrected chi connectivity index (χ3v) is 1.73. The number of ether oxygens (including phenoxy) is 2. The Morgan fingerprint density at radius 3 is 1.38 bits per heavy atom. The molecule has 0 aliphatic heterocycles. The van der Waals surface area contributed by atoms with Gasteiger partial charge in [-0.2, -0.15) is 0 Å². The molecule has 0 radical (unpaired) electrons. The first-order valence-corrected chi connectivity index (χ1v) is 4.74. The Morgan fingerprint density at radius 2 is 1.12 bits per heavy atom. The average molecular weight is 383 g/mol.